The number of nitrogens with two attached hydrogens (primary N) is 1. The molecule has 1 aromatic heterocycles. The number of nitrogens with zero attached hydrogens (tertiary/aromatic N) is 1. The molecule has 2 N–H and O–H groups in total. The van der Waals surface area contributed by atoms with Gasteiger partial charge in [-0.2, -0.15) is 0 Å². The Morgan fingerprint density at radius 1 is 1.40 bits per heavy atom. The summed E-state index contributed by atoms with van der Waals surface area (Å²) >= 11 is 1.55. The van der Waals surface area contributed by atoms with Gasteiger partial charge in [-0.3, -0.25) is 4.79 Å². The second-order valence-electron chi connectivity index (χ2n) is 3.88. The van der Waals surface area contributed by atoms with Crippen LogP contribution in [0.25, 0.3) is 0 Å². The van der Waals surface area contributed by atoms with E-state index in [9.17, 15) is 4.79 Å². The predicted octanol–water partition coefficient (Wildman–Crippen LogP) is 1.76. The second kappa shape index (κ2) is 4.77. The molecule has 1 aliphatic rings. The average molecular weight is 224 g/mol. The molecule has 1 unspecified atom stereocenters. The summed E-state index contributed by atoms with van der Waals surface area (Å²) in [5, 5.41) is 1.96. The van der Waals surface area contributed by atoms with Crippen LogP contribution in [0.15, 0.2) is 17.5 Å². The maximum atomic E-state index is 12.0. The fourth-order valence-electron chi connectivity index (χ4n) is 1.90. The van der Waals surface area contributed by atoms with E-state index in [0.29, 0.717) is 0 Å². The van der Waals surface area contributed by atoms with E-state index in [1.165, 1.54) is 6.42 Å². The fraction of sp³-hybridized carbons (Fsp3) is 0.545. The van der Waals surface area contributed by atoms with Crippen molar-refractivity contribution in [3.63, 3.8) is 0 Å². The molecule has 0 aliphatic carbocycles. The number of carbonyl (C=O) groups excluding carboxylic acids is 1. The van der Waals surface area contributed by atoms with Gasteiger partial charge in [0.25, 0.3) is 0 Å². The zero-order valence-electron chi connectivity index (χ0n) is 8.69. The topological polar surface area (TPSA) is 46.3 Å². The van der Waals surface area contributed by atoms with Crippen molar-refractivity contribution in [2.45, 2.75) is 25.3 Å². The van der Waals surface area contributed by atoms with Gasteiger partial charge in [-0.15, -0.1) is 11.3 Å². The normalized spacial score (nSPS) is 18.9. The van der Waals surface area contributed by atoms with Gasteiger partial charge >= 0.3 is 0 Å². The van der Waals surface area contributed by atoms with Crippen LogP contribution in [0.3, 0.4) is 0 Å². The maximum absolute atomic E-state index is 12.0. The van der Waals surface area contributed by atoms with Crippen molar-refractivity contribution in [1.82, 2.24) is 4.90 Å². The van der Waals surface area contributed by atoms with E-state index < -0.39 is 6.04 Å². The van der Waals surface area contributed by atoms with E-state index in [2.05, 4.69) is 0 Å². The maximum Gasteiger partial charge on any atom is 0.244 e. The molecular weight excluding hydrogens is 208 g/mol. The Bertz CT molecular complexity index is 317. The Labute approximate surface area is 93.9 Å². The summed E-state index contributed by atoms with van der Waals surface area (Å²) in [5.41, 5.74) is 5.93. The minimum atomic E-state index is -0.455. The number of rotatable bonds is 2. The Kier molecular flexibility index (Phi) is 3.38. The van der Waals surface area contributed by atoms with Crippen molar-refractivity contribution in [3.8, 4) is 0 Å². The van der Waals surface area contributed by atoms with Crippen molar-refractivity contribution in [2.24, 2.45) is 5.73 Å². The summed E-state index contributed by atoms with van der Waals surface area (Å²) < 4.78 is 0. The summed E-state index contributed by atoms with van der Waals surface area (Å²) in [7, 11) is 0. The monoisotopic (exact) mass is 224 g/mol. The summed E-state index contributed by atoms with van der Waals surface area (Å²) in [6.07, 6.45) is 3.46. The molecule has 1 fully saturated rings. The third kappa shape index (κ3) is 2.38. The molecule has 0 saturated carbocycles. The first-order valence-electron chi connectivity index (χ1n) is 5.37. The highest BCUT2D eigenvalue weighted by Crippen LogP contribution is 2.20. The summed E-state index contributed by atoms with van der Waals surface area (Å²) in [6, 6.07) is 3.41. The minimum Gasteiger partial charge on any atom is -0.341 e. The lowest BCUT2D eigenvalue weighted by Gasteiger charge is -2.28. The standard InChI is InChI=1S/C11H16N2OS/c12-10(9-5-4-8-15-9)11(14)13-6-2-1-3-7-13/h4-5,8,10H,1-3,6-7,12H2. The van der Waals surface area contributed by atoms with Gasteiger partial charge in [0.15, 0.2) is 0 Å². The van der Waals surface area contributed by atoms with Crippen LogP contribution in [0.4, 0.5) is 0 Å². The van der Waals surface area contributed by atoms with Crippen molar-refractivity contribution in [3.05, 3.63) is 22.4 Å². The molecule has 2 rings (SSSR count). The molecule has 0 bridgehead atoms. The highest BCUT2D eigenvalue weighted by molar-refractivity contribution is 7.10. The zero-order valence-corrected chi connectivity index (χ0v) is 9.50. The molecule has 2 heterocycles. The highest BCUT2D eigenvalue weighted by Gasteiger charge is 2.24. The molecule has 82 valence electrons. The highest BCUT2D eigenvalue weighted by atomic mass is 32.1. The molecule has 0 aromatic carbocycles. The smallest absolute Gasteiger partial charge is 0.244 e. The van der Waals surface area contributed by atoms with Crippen molar-refractivity contribution >= 4 is 17.2 Å². The molecule has 3 nitrogen and oxygen atoms in total. The minimum absolute atomic E-state index is 0.0807. The van der Waals surface area contributed by atoms with Crippen LogP contribution in [0, 0.1) is 0 Å². The fourth-order valence-corrected chi connectivity index (χ4v) is 2.62. The first kappa shape index (κ1) is 10.6. The lowest BCUT2D eigenvalue weighted by Crippen LogP contribution is -2.41. The lowest BCUT2D eigenvalue weighted by atomic mass is 10.1. The molecule has 1 amide bonds. The van der Waals surface area contributed by atoms with Crippen molar-refractivity contribution in [2.75, 3.05) is 13.1 Å². The number of hydrogen-bond donors (Lipinski definition) is 1. The number of likely N-dealkylation sites (tertiary alicyclic amines) is 1. The molecule has 1 atom stereocenters. The van der Waals surface area contributed by atoms with Crippen LogP contribution >= 0.6 is 11.3 Å². The Hall–Kier alpha value is -0.870. The molecule has 15 heavy (non-hydrogen) atoms. The first-order chi connectivity index (χ1) is 7.29. The van der Waals surface area contributed by atoms with Gasteiger partial charge in [-0.1, -0.05) is 6.07 Å². The van der Waals surface area contributed by atoms with E-state index in [1.807, 2.05) is 22.4 Å². The van der Waals surface area contributed by atoms with Crippen molar-refractivity contribution in [1.29, 1.82) is 0 Å². The van der Waals surface area contributed by atoms with E-state index in [-0.39, 0.29) is 5.91 Å². The van der Waals surface area contributed by atoms with E-state index in [0.717, 1.165) is 30.8 Å². The van der Waals surface area contributed by atoms with Gasteiger partial charge in [0.2, 0.25) is 5.91 Å². The number of piperidine rings is 1. The van der Waals surface area contributed by atoms with Gasteiger partial charge < -0.3 is 10.6 Å². The first-order valence-corrected chi connectivity index (χ1v) is 6.25. The van der Waals surface area contributed by atoms with E-state index >= 15 is 0 Å². The van der Waals surface area contributed by atoms with Gasteiger partial charge in [0.1, 0.15) is 6.04 Å². The van der Waals surface area contributed by atoms with Crippen LogP contribution in [-0.2, 0) is 4.79 Å². The second-order valence-corrected chi connectivity index (χ2v) is 4.86. The summed E-state index contributed by atoms with van der Waals surface area (Å²) in [5.74, 6) is 0.0807. The SMILES string of the molecule is NC(C(=O)N1CCCCC1)c1cccs1. The molecule has 0 spiro atoms. The number of thiophene rings is 1. The van der Waals surface area contributed by atoms with Crippen LogP contribution in [0.2, 0.25) is 0 Å². The largest absolute Gasteiger partial charge is 0.341 e. The van der Waals surface area contributed by atoms with Gasteiger partial charge in [-0.05, 0) is 30.7 Å². The molecule has 1 aromatic rings. The molecule has 1 aliphatic heterocycles. The molecule has 0 radical (unpaired) electrons. The van der Waals surface area contributed by atoms with Crippen LogP contribution in [0.5, 0.6) is 0 Å². The third-order valence-corrected chi connectivity index (χ3v) is 3.74. The number of carbonyl (C=O) groups is 1. The molecule has 1 saturated heterocycles. The molecule has 4 heteroatoms. The van der Waals surface area contributed by atoms with E-state index in [4.69, 9.17) is 5.73 Å². The van der Waals surface area contributed by atoms with Gasteiger partial charge in [-0.25, -0.2) is 0 Å². The quantitative estimate of drug-likeness (QED) is 0.832. The predicted molar refractivity (Wildman–Crippen MR) is 61.7 cm³/mol. The van der Waals surface area contributed by atoms with Gasteiger partial charge in [0.05, 0.1) is 0 Å². The molecular formula is C11H16N2OS. The van der Waals surface area contributed by atoms with Crippen molar-refractivity contribution < 1.29 is 4.79 Å². The average Bonchev–Trinajstić information content (AvgIpc) is 2.82. The Morgan fingerprint density at radius 2 is 2.13 bits per heavy atom. The summed E-state index contributed by atoms with van der Waals surface area (Å²) in [4.78, 5) is 14.9. The van der Waals surface area contributed by atoms with Crippen LogP contribution < -0.4 is 5.73 Å². The number of amides is 1. The zero-order chi connectivity index (χ0) is 10.7. The van der Waals surface area contributed by atoms with Crippen LogP contribution in [-0.4, -0.2) is 23.9 Å². The Morgan fingerprint density at radius 3 is 2.73 bits per heavy atom. The Balaban J connectivity index is 2.00. The van der Waals surface area contributed by atoms with Crippen LogP contribution in [0.1, 0.15) is 30.2 Å². The van der Waals surface area contributed by atoms with Gasteiger partial charge in [0, 0.05) is 18.0 Å². The number of hydrogen-bond acceptors (Lipinski definition) is 3. The third-order valence-electron chi connectivity index (χ3n) is 2.78. The lowest BCUT2D eigenvalue weighted by molar-refractivity contribution is -0.133. The summed E-state index contributed by atoms with van der Waals surface area (Å²) in [6.45, 7) is 1.75. The van der Waals surface area contributed by atoms with E-state index in [1.54, 1.807) is 11.3 Å².